The fourth-order valence-corrected chi connectivity index (χ4v) is 0.551. The second-order valence-electron chi connectivity index (χ2n) is 1.71. The highest BCUT2D eigenvalue weighted by molar-refractivity contribution is 5.62. The molecular weight excluding hydrogens is 102 g/mol. The first-order valence-corrected chi connectivity index (χ1v) is 2.37. The zero-order chi connectivity index (χ0) is 5.98. The van der Waals surface area contributed by atoms with Gasteiger partial charge in [0.05, 0.1) is 6.21 Å². The highest BCUT2D eigenvalue weighted by Gasteiger charge is 2.14. The molecule has 1 atom stereocenters. The summed E-state index contributed by atoms with van der Waals surface area (Å²) in [6.45, 7) is 0.679. The highest BCUT2D eigenvalue weighted by Crippen LogP contribution is 1.99. The average molecular weight is 108 g/mol. The van der Waals surface area contributed by atoms with E-state index >= 15 is 0 Å². The molecule has 0 bridgehead atoms. The number of nitrogens with zero attached hydrogens (tertiary/aromatic N) is 3. The molecular formula is C5H6N3. The Kier molecular flexibility index (Phi) is 1.27. The van der Waals surface area contributed by atoms with Crippen molar-refractivity contribution < 1.29 is 0 Å². The Bertz CT molecular complexity index is 144. The maximum Gasteiger partial charge on any atom is 0.190 e. The first kappa shape index (κ1) is 5.26. The van der Waals surface area contributed by atoms with E-state index in [1.54, 1.807) is 0 Å². The zero-order valence-electron chi connectivity index (χ0n) is 4.63. The van der Waals surface area contributed by atoms with Crippen LogP contribution in [-0.2, 0) is 0 Å². The van der Waals surface area contributed by atoms with E-state index in [9.17, 15) is 0 Å². The van der Waals surface area contributed by atoms with E-state index in [2.05, 4.69) is 11.2 Å². The van der Waals surface area contributed by atoms with Gasteiger partial charge in [-0.25, -0.2) is 0 Å². The smallest absolute Gasteiger partial charge is 0.190 e. The SMILES string of the molecule is CN1C[C]=NC1C#N. The van der Waals surface area contributed by atoms with Gasteiger partial charge < -0.3 is 0 Å². The lowest BCUT2D eigenvalue weighted by atomic mass is 10.5. The molecule has 0 amide bonds. The van der Waals surface area contributed by atoms with Crippen molar-refractivity contribution >= 4 is 6.21 Å². The molecule has 0 aromatic heterocycles. The predicted molar refractivity (Wildman–Crippen MR) is 29.5 cm³/mol. The Morgan fingerprint density at radius 2 is 2.75 bits per heavy atom. The van der Waals surface area contributed by atoms with Crippen LogP contribution in [0.3, 0.4) is 0 Å². The minimum atomic E-state index is -0.282. The van der Waals surface area contributed by atoms with E-state index in [1.807, 2.05) is 18.0 Å². The second-order valence-corrected chi connectivity index (χ2v) is 1.71. The van der Waals surface area contributed by atoms with Crippen molar-refractivity contribution in [2.45, 2.75) is 6.17 Å². The molecule has 1 heterocycles. The molecule has 3 heteroatoms. The molecule has 0 aliphatic carbocycles. The molecule has 8 heavy (non-hydrogen) atoms. The number of nitriles is 1. The molecule has 1 unspecified atom stereocenters. The predicted octanol–water partition coefficient (Wildman–Crippen LogP) is -0.271. The molecule has 0 N–H and O–H groups in total. The summed E-state index contributed by atoms with van der Waals surface area (Å²) < 4.78 is 0. The van der Waals surface area contributed by atoms with Crippen LogP contribution in [0.15, 0.2) is 4.99 Å². The third kappa shape index (κ3) is 0.703. The number of hydrogen-bond acceptors (Lipinski definition) is 3. The summed E-state index contributed by atoms with van der Waals surface area (Å²) in [5.74, 6) is 0. The van der Waals surface area contributed by atoms with Gasteiger partial charge in [0, 0.05) is 6.54 Å². The first-order valence-electron chi connectivity index (χ1n) is 2.37. The van der Waals surface area contributed by atoms with Crippen LogP contribution >= 0.6 is 0 Å². The molecule has 0 aromatic carbocycles. The minimum Gasteiger partial charge on any atom is -0.267 e. The van der Waals surface area contributed by atoms with Crippen LogP contribution in [0.2, 0.25) is 0 Å². The lowest BCUT2D eigenvalue weighted by Gasteiger charge is -2.07. The molecule has 0 fully saturated rings. The Hall–Kier alpha value is -0.880. The van der Waals surface area contributed by atoms with E-state index < -0.39 is 0 Å². The molecule has 1 aliphatic rings. The third-order valence-corrected chi connectivity index (χ3v) is 1.07. The summed E-state index contributed by atoms with van der Waals surface area (Å²) in [6.07, 6.45) is 2.42. The summed E-state index contributed by atoms with van der Waals surface area (Å²) in [5, 5.41) is 8.31. The molecule has 0 saturated carbocycles. The first-order chi connectivity index (χ1) is 3.84. The van der Waals surface area contributed by atoms with Crippen molar-refractivity contribution in [3.8, 4) is 6.07 Å². The van der Waals surface area contributed by atoms with Crippen LogP contribution in [0, 0.1) is 11.3 Å². The molecule has 3 nitrogen and oxygen atoms in total. The van der Waals surface area contributed by atoms with Gasteiger partial charge in [0.15, 0.2) is 6.17 Å². The quantitative estimate of drug-likeness (QED) is 0.428. The maximum atomic E-state index is 8.31. The van der Waals surface area contributed by atoms with Gasteiger partial charge in [-0.1, -0.05) is 0 Å². The largest absolute Gasteiger partial charge is 0.267 e. The summed E-state index contributed by atoms with van der Waals surface area (Å²) >= 11 is 0. The van der Waals surface area contributed by atoms with Crippen molar-refractivity contribution in [3.63, 3.8) is 0 Å². The molecule has 0 spiro atoms. The van der Waals surface area contributed by atoms with Gasteiger partial charge in [0.1, 0.15) is 6.07 Å². The zero-order valence-corrected chi connectivity index (χ0v) is 4.63. The second kappa shape index (κ2) is 1.93. The summed E-state index contributed by atoms with van der Waals surface area (Å²) in [5.41, 5.74) is 0. The standard InChI is InChI=1S/C5H6N3/c1-8-3-2-7-5(8)4-6/h5H,3H2,1H3. The Balaban J connectivity index is 2.57. The van der Waals surface area contributed by atoms with Crippen molar-refractivity contribution in [1.82, 2.24) is 4.90 Å². The van der Waals surface area contributed by atoms with Gasteiger partial charge in [-0.3, -0.25) is 9.89 Å². The van der Waals surface area contributed by atoms with Crippen molar-refractivity contribution in [2.24, 2.45) is 4.99 Å². The van der Waals surface area contributed by atoms with Gasteiger partial charge in [-0.2, -0.15) is 5.26 Å². The van der Waals surface area contributed by atoms with Crippen LogP contribution in [-0.4, -0.2) is 30.9 Å². The van der Waals surface area contributed by atoms with Crippen molar-refractivity contribution in [1.29, 1.82) is 5.26 Å². The summed E-state index contributed by atoms with van der Waals surface area (Å²) in [6, 6.07) is 2.01. The van der Waals surface area contributed by atoms with Gasteiger partial charge >= 0.3 is 0 Å². The van der Waals surface area contributed by atoms with Crippen molar-refractivity contribution in [2.75, 3.05) is 13.6 Å². The van der Waals surface area contributed by atoms with E-state index in [0.29, 0.717) is 6.54 Å². The van der Waals surface area contributed by atoms with Gasteiger partial charge in [-0.05, 0) is 7.05 Å². The number of hydrogen-bond donors (Lipinski definition) is 0. The van der Waals surface area contributed by atoms with Crippen molar-refractivity contribution in [3.05, 3.63) is 0 Å². The summed E-state index contributed by atoms with van der Waals surface area (Å²) in [4.78, 5) is 5.57. The fourth-order valence-electron chi connectivity index (χ4n) is 0.551. The highest BCUT2D eigenvalue weighted by atomic mass is 15.2. The van der Waals surface area contributed by atoms with Gasteiger partial charge in [0.2, 0.25) is 0 Å². The average Bonchev–Trinajstić information content (AvgIpc) is 2.14. The number of aliphatic imine (C=N–C) groups is 1. The minimum absolute atomic E-state index is 0.282. The van der Waals surface area contributed by atoms with Crippen LogP contribution in [0.4, 0.5) is 0 Å². The van der Waals surface area contributed by atoms with Crippen LogP contribution < -0.4 is 0 Å². The van der Waals surface area contributed by atoms with Gasteiger partial charge in [0.25, 0.3) is 0 Å². The monoisotopic (exact) mass is 108 g/mol. The molecule has 0 aromatic rings. The van der Waals surface area contributed by atoms with E-state index in [1.165, 1.54) is 0 Å². The van der Waals surface area contributed by atoms with Gasteiger partial charge in [-0.15, -0.1) is 0 Å². The molecule has 1 radical (unpaired) electrons. The van der Waals surface area contributed by atoms with Crippen LogP contribution in [0.5, 0.6) is 0 Å². The molecule has 41 valence electrons. The molecule has 0 saturated heterocycles. The fraction of sp³-hybridized carbons (Fsp3) is 0.600. The topological polar surface area (TPSA) is 39.4 Å². The van der Waals surface area contributed by atoms with E-state index in [4.69, 9.17) is 5.26 Å². The molecule has 1 rings (SSSR count). The lowest BCUT2D eigenvalue weighted by Crippen LogP contribution is -2.23. The summed E-state index contributed by atoms with van der Waals surface area (Å²) in [7, 11) is 1.84. The Morgan fingerprint density at radius 3 is 3.00 bits per heavy atom. The van der Waals surface area contributed by atoms with Crippen LogP contribution in [0.1, 0.15) is 0 Å². The number of rotatable bonds is 0. The lowest BCUT2D eigenvalue weighted by molar-refractivity contribution is 0.361. The van der Waals surface area contributed by atoms with E-state index in [-0.39, 0.29) is 6.17 Å². The maximum absolute atomic E-state index is 8.31. The van der Waals surface area contributed by atoms with E-state index in [0.717, 1.165) is 0 Å². The third-order valence-electron chi connectivity index (χ3n) is 1.07. The Morgan fingerprint density at radius 1 is 2.00 bits per heavy atom. The normalized spacial score (nSPS) is 28.2. The molecule has 1 aliphatic heterocycles. The van der Waals surface area contributed by atoms with Crippen LogP contribution in [0.25, 0.3) is 0 Å². The Labute approximate surface area is 48.2 Å².